The van der Waals surface area contributed by atoms with E-state index in [2.05, 4.69) is 4.74 Å². The number of ether oxygens (including phenoxy) is 1. The maximum absolute atomic E-state index is 10.8. The Labute approximate surface area is 95.4 Å². The third-order valence-electron chi connectivity index (χ3n) is 2.18. The summed E-state index contributed by atoms with van der Waals surface area (Å²) in [5, 5.41) is 9.08. The van der Waals surface area contributed by atoms with Gasteiger partial charge in [0.15, 0.2) is 0 Å². The van der Waals surface area contributed by atoms with Crippen LogP contribution in [0, 0.1) is 0 Å². The number of hydrogen-bond donors (Lipinski definition) is 1. The average molecular weight is 220 g/mol. The minimum Gasteiger partial charge on any atom is -0.508 e. The van der Waals surface area contributed by atoms with E-state index in [4.69, 9.17) is 5.11 Å². The second-order valence-electron chi connectivity index (χ2n) is 3.46. The van der Waals surface area contributed by atoms with E-state index in [1.165, 1.54) is 7.11 Å². The third-order valence-corrected chi connectivity index (χ3v) is 2.18. The number of rotatable bonds is 5. The van der Waals surface area contributed by atoms with Crippen LogP contribution in [0.4, 0.5) is 0 Å². The van der Waals surface area contributed by atoms with Gasteiger partial charge >= 0.3 is 5.97 Å². The number of benzene rings is 1. The molecule has 0 saturated carbocycles. The topological polar surface area (TPSA) is 46.5 Å². The number of unbranched alkanes of at least 4 members (excludes halogenated alkanes) is 1. The summed E-state index contributed by atoms with van der Waals surface area (Å²) >= 11 is 0. The summed E-state index contributed by atoms with van der Waals surface area (Å²) in [6, 6.07) is 6.97. The predicted molar refractivity (Wildman–Crippen MR) is 63.0 cm³/mol. The second-order valence-corrected chi connectivity index (χ2v) is 3.46. The van der Waals surface area contributed by atoms with Crippen molar-refractivity contribution in [1.29, 1.82) is 0 Å². The summed E-state index contributed by atoms with van der Waals surface area (Å²) in [7, 11) is 1.40. The van der Waals surface area contributed by atoms with Gasteiger partial charge in [-0.3, -0.25) is 4.79 Å². The molecular weight excluding hydrogens is 204 g/mol. The fraction of sp³-hybridized carbons (Fsp3) is 0.308. The van der Waals surface area contributed by atoms with Gasteiger partial charge in [-0.1, -0.05) is 24.3 Å². The van der Waals surface area contributed by atoms with Crippen molar-refractivity contribution in [2.24, 2.45) is 0 Å². The van der Waals surface area contributed by atoms with E-state index in [0.717, 1.165) is 18.4 Å². The predicted octanol–water partition coefficient (Wildman–Crippen LogP) is 2.75. The van der Waals surface area contributed by atoms with Gasteiger partial charge in [0.2, 0.25) is 0 Å². The first-order valence-corrected chi connectivity index (χ1v) is 5.25. The molecule has 0 saturated heterocycles. The van der Waals surface area contributed by atoms with Crippen molar-refractivity contribution < 1.29 is 14.6 Å². The van der Waals surface area contributed by atoms with Gasteiger partial charge in [-0.25, -0.2) is 0 Å². The fourth-order valence-electron chi connectivity index (χ4n) is 1.27. The van der Waals surface area contributed by atoms with Crippen LogP contribution in [-0.4, -0.2) is 18.2 Å². The van der Waals surface area contributed by atoms with Crippen LogP contribution in [-0.2, 0) is 9.53 Å². The normalized spacial score (nSPS) is 10.6. The number of methoxy groups -OCH3 is 1. The summed E-state index contributed by atoms with van der Waals surface area (Å²) in [5.41, 5.74) is 1.04. The standard InChI is InChI=1S/C13H16O3/c1-16-13(15)6-4-2-3-5-11-7-9-12(14)10-8-11/h3,5,7-10,14H,2,4,6H2,1H3/b5-3+. The molecule has 0 aromatic heterocycles. The van der Waals surface area contributed by atoms with Crippen LogP contribution >= 0.6 is 0 Å². The van der Waals surface area contributed by atoms with E-state index >= 15 is 0 Å². The molecule has 0 heterocycles. The maximum atomic E-state index is 10.8. The van der Waals surface area contributed by atoms with Crippen LogP contribution in [0.25, 0.3) is 6.08 Å². The van der Waals surface area contributed by atoms with E-state index in [9.17, 15) is 4.79 Å². The molecule has 86 valence electrons. The van der Waals surface area contributed by atoms with Crippen molar-refractivity contribution >= 4 is 12.0 Å². The molecule has 0 spiro atoms. The lowest BCUT2D eigenvalue weighted by Gasteiger charge is -1.96. The highest BCUT2D eigenvalue weighted by Crippen LogP contribution is 2.11. The molecule has 1 N–H and O–H groups in total. The Morgan fingerprint density at radius 3 is 2.69 bits per heavy atom. The zero-order valence-corrected chi connectivity index (χ0v) is 9.35. The van der Waals surface area contributed by atoms with Gasteiger partial charge in [0, 0.05) is 6.42 Å². The van der Waals surface area contributed by atoms with Crippen LogP contribution in [0.15, 0.2) is 30.3 Å². The quantitative estimate of drug-likeness (QED) is 0.613. The molecule has 0 aliphatic rings. The number of esters is 1. The maximum Gasteiger partial charge on any atom is 0.305 e. The van der Waals surface area contributed by atoms with Crippen molar-refractivity contribution in [2.75, 3.05) is 7.11 Å². The Kier molecular flexibility index (Phi) is 5.12. The Morgan fingerprint density at radius 2 is 2.06 bits per heavy atom. The van der Waals surface area contributed by atoms with Gasteiger partial charge in [0.1, 0.15) is 5.75 Å². The van der Waals surface area contributed by atoms with Crippen molar-refractivity contribution in [3.63, 3.8) is 0 Å². The van der Waals surface area contributed by atoms with Crippen molar-refractivity contribution in [3.05, 3.63) is 35.9 Å². The number of phenols is 1. The molecule has 0 aliphatic heterocycles. The molecule has 16 heavy (non-hydrogen) atoms. The molecule has 0 radical (unpaired) electrons. The van der Waals surface area contributed by atoms with Gasteiger partial charge in [-0.05, 0) is 30.5 Å². The summed E-state index contributed by atoms with van der Waals surface area (Å²) in [5.74, 6) is 0.0980. The molecule has 0 aliphatic carbocycles. The molecule has 0 amide bonds. The number of carbonyl (C=O) groups excluding carboxylic acids is 1. The number of allylic oxidation sites excluding steroid dienone is 1. The minimum absolute atomic E-state index is 0.168. The number of hydrogen-bond acceptors (Lipinski definition) is 3. The van der Waals surface area contributed by atoms with Gasteiger partial charge < -0.3 is 9.84 Å². The van der Waals surface area contributed by atoms with Crippen LogP contribution < -0.4 is 0 Å². The lowest BCUT2D eigenvalue weighted by Crippen LogP contribution is -1.98. The molecular formula is C13H16O3. The van der Waals surface area contributed by atoms with E-state index in [-0.39, 0.29) is 11.7 Å². The zero-order chi connectivity index (χ0) is 11.8. The SMILES string of the molecule is COC(=O)CCC/C=C/c1ccc(O)cc1. The van der Waals surface area contributed by atoms with E-state index < -0.39 is 0 Å². The highest BCUT2D eigenvalue weighted by molar-refractivity contribution is 5.69. The van der Waals surface area contributed by atoms with Gasteiger partial charge in [0.05, 0.1) is 7.11 Å². The van der Waals surface area contributed by atoms with Gasteiger partial charge in [0.25, 0.3) is 0 Å². The molecule has 3 heteroatoms. The number of aromatic hydroxyl groups is 1. The summed E-state index contributed by atoms with van der Waals surface area (Å²) in [6.07, 6.45) is 6.07. The molecule has 0 bridgehead atoms. The highest BCUT2D eigenvalue weighted by atomic mass is 16.5. The van der Waals surface area contributed by atoms with Crippen LogP contribution in [0.2, 0.25) is 0 Å². The third kappa shape index (κ3) is 4.64. The molecule has 1 aromatic rings. The number of phenolic OH excluding ortho intramolecular Hbond substituents is 1. The van der Waals surface area contributed by atoms with E-state index in [1.807, 2.05) is 24.3 Å². The van der Waals surface area contributed by atoms with Crippen molar-refractivity contribution in [2.45, 2.75) is 19.3 Å². The summed E-state index contributed by atoms with van der Waals surface area (Å²) < 4.78 is 4.54. The molecule has 1 aromatic carbocycles. The Morgan fingerprint density at radius 1 is 1.38 bits per heavy atom. The first-order valence-electron chi connectivity index (χ1n) is 5.25. The average Bonchev–Trinajstić information content (AvgIpc) is 2.31. The smallest absolute Gasteiger partial charge is 0.305 e. The van der Waals surface area contributed by atoms with Crippen LogP contribution in [0.5, 0.6) is 5.75 Å². The lowest BCUT2D eigenvalue weighted by atomic mass is 10.1. The largest absolute Gasteiger partial charge is 0.508 e. The fourth-order valence-corrected chi connectivity index (χ4v) is 1.27. The molecule has 1 rings (SSSR count). The molecule has 0 unspecified atom stereocenters. The minimum atomic E-state index is -0.168. The molecule has 0 atom stereocenters. The van der Waals surface area contributed by atoms with E-state index in [1.54, 1.807) is 12.1 Å². The first kappa shape index (κ1) is 12.3. The Balaban J connectivity index is 2.27. The molecule has 3 nitrogen and oxygen atoms in total. The molecule has 0 fully saturated rings. The zero-order valence-electron chi connectivity index (χ0n) is 9.35. The van der Waals surface area contributed by atoms with E-state index in [0.29, 0.717) is 6.42 Å². The summed E-state index contributed by atoms with van der Waals surface area (Å²) in [4.78, 5) is 10.8. The summed E-state index contributed by atoms with van der Waals surface area (Å²) in [6.45, 7) is 0. The Bertz CT molecular complexity index is 352. The van der Waals surface area contributed by atoms with Gasteiger partial charge in [-0.2, -0.15) is 0 Å². The first-order chi connectivity index (χ1) is 7.72. The lowest BCUT2D eigenvalue weighted by molar-refractivity contribution is -0.140. The van der Waals surface area contributed by atoms with Crippen molar-refractivity contribution in [1.82, 2.24) is 0 Å². The number of carbonyl (C=O) groups is 1. The van der Waals surface area contributed by atoms with Crippen molar-refractivity contribution in [3.8, 4) is 5.75 Å². The second kappa shape index (κ2) is 6.67. The van der Waals surface area contributed by atoms with Crippen LogP contribution in [0.3, 0.4) is 0 Å². The highest BCUT2D eigenvalue weighted by Gasteiger charge is 1.96. The van der Waals surface area contributed by atoms with Gasteiger partial charge in [-0.15, -0.1) is 0 Å². The monoisotopic (exact) mass is 220 g/mol. The van der Waals surface area contributed by atoms with Crippen LogP contribution in [0.1, 0.15) is 24.8 Å². The Hall–Kier alpha value is -1.77.